The summed E-state index contributed by atoms with van der Waals surface area (Å²) in [4.78, 5) is 12.4. The maximum atomic E-state index is 10.9. The first kappa shape index (κ1) is 9.32. The van der Waals surface area contributed by atoms with Crippen LogP contribution in [0.25, 0.3) is 0 Å². The first-order chi connectivity index (χ1) is 5.59. The van der Waals surface area contributed by atoms with Crippen molar-refractivity contribution in [2.24, 2.45) is 11.7 Å². The summed E-state index contributed by atoms with van der Waals surface area (Å²) < 4.78 is 4.99. The van der Waals surface area contributed by atoms with Crippen molar-refractivity contribution in [2.75, 3.05) is 20.7 Å². The van der Waals surface area contributed by atoms with Crippen LogP contribution in [0.2, 0.25) is 0 Å². The zero-order valence-corrected chi connectivity index (χ0v) is 7.62. The van der Waals surface area contributed by atoms with Crippen LogP contribution < -0.4 is 5.73 Å². The summed E-state index contributed by atoms with van der Waals surface area (Å²) in [6, 6.07) is 0.327. The highest BCUT2D eigenvalue weighted by molar-refractivity contribution is 5.66. The molecule has 0 aromatic rings. The number of rotatable bonds is 2. The maximum Gasteiger partial charge on any atom is 0.409 e. The quantitative estimate of drug-likeness (QED) is 0.656. The smallest absolute Gasteiger partial charge is 0.409 e. The van der Waals surface area contributed by atoms with Gasteiger partial charge in [-0.05, 0) is 18.8 Å². The highest BCUT2D eigenvalue weighted by Crippen LogP contribution is 2.25. The van der Waals surface area contributed by atoms with Gasteiger partial charge < -0.3 is 15.4 Å². The second kappa shape index (κ2) is 3.76. The Balaban J connectivity index is 2.06. The van der Waals surface area contributed by atoms with Gasteiger partial charge in [0, 0.05) is 20.1 Å². The van der Waals surface area contributed by atoms with Crippen LogP contribution >= 0.6 is 0 Å². The van der Waals surface area contributed by atoms with Gasteiger partial charge in [-0.15, -0.1) is 0 Å². The SMILES string of the molecule is CN(C)C(=O)OC[C@H]1C[C@H](N)C1. The molecule has 0 aliphatic heterocycles. The monoisotopic (exact) mass is 172 g/mol. The van der Waals surface area contributed by atoms with Gasteiger partial charge in [-0.2, -0.15) is 0 Å². The number of carbonyl (C=O) groups excluding carboxylic acids is 1. The summed E-state index contributed by atoms with van der Waals surface area (Å²) in [5.74, 6) is 0.490. The Morgan fingerprint density at radius 2 is 2.17 bits per heavy atom. The van der Waals surface area contributed by atoms with Gasteiger partial charge in [0.2, 0.25) is 0 Å². The van der Waals surface area contributed by atoms with E-state index in [1.807, 2.05) is 0 Å². The first-order valence-electron chi connectivity index (χ1n) is 4.19. The van der Waals surface area contributed by atoms with Gasteiger partial charge in [-0.25, -0.2) is 4.79 Å². The average molecular weight is 172 g/mol. The van der Waals surface area contributed by atoms with Crippen molar-refractivity contribution in [2.45, 2.75) is 18.9 Å². The molecule has 0 radical (unpaired) electrons. The fraction of sp³-hybridized carbons (Fsp3) is 0.875. The molecule has 0 atom stereocenters. The summed E-state index contributed by atoms with van der Waals surface area (Å²) >= 11 is 0. The van der Waals surface area contributed by atoms with Crippen molar-refractivity contribution < 1.29 is 9.53 Å². The predicted molar refractivity (Wildman–Crippen MR) is 45.7 cm³/mol. The third kappa shape index (κ3) is 2.37. The molecule has 0 bridgehead atoms. The number of amides is 1. The normalized spacial score (nSPS) is 27.6. The standard InChI is InChI=1S/C8H16N2O2/c1-10(2)8(11)12-5-6-3-7(9)4-6/h6-7H,3-5,9H2,1-2H3/t6-,7-. The predicted octanol–water partition coefficient (Wildman–Crippen LogP) is 0.422. The molecule has 4 nitrogen and oxygen atoms in total. The van der Waals surface area contributed by atoms with Crippen LogP contribution in [0.5, 0.6) is 0 Å². The molecule has 0 unspecified atom stereocenters. The molecule has 1 saturated carbocycles. The molecular weight excluding hydrogens is 156 g/mol. The van der Waals surface area contributed by atoms with Gasteiger partial charge in [0.25, 0.3) is 0 Å². The molecule has 0 spiro atoms. The third-order valence-corrected chi connectivity index (χ3v) is 2.08. The topological polar surface area (TPSA) is 55.6 Å². The molecule has 0 aromatic carbocycles. The van der Waals surface area contributed by atoms with Crippen molar-refractivity contribution in [1.29, 1.82) is 0 Å². The summed E-state index contributed by atoms with van der Waals surface area (Å²) in [7, 11) is 3.35. The van der Waals surface area contributed by atoms with Gasteiger partial charge in [0.1, 0.15) is 0 Å². The van der Waals surface area contributed by atoms with Crippen LogP contribution in [0.4, 0.5) is 4.79 Å². The van der Waals surface area contributed by atoms with Gasteiger partial charge in [-0.1, -0.05) is 0 Å². The molecule has 12 heavy (non-hydrogen) atoms. The van der Waals surface area contributed by atoms with Crippen LogP contribution in [-0.2, 0) is 4.74 Å². The summed E-state index contributed by atoms with van der Waals surface area (Å²) in [5.41, 5.74) is 5.58. The maximum absolute atomic E-state index is 10.9. The molecular formula is C8H16N2O2. The lowest BCUT2D eigenvalue weighted by Crippen LogP contribution is -2.39. The van der Waals surface area contributed by atoms with Gasteiger partial charge >= 0.3 is 6.09 Å². The lowest BCUT2D eigenvalue weighted by Gasteiger charge is -2.31. The van der Waals surface area contributed by atoms with Crippen molar-refractivity contribution in [3.8, 4) is 0 Å². The van der Waals surface area contributed by atoms with E-state index in [0.29, 0.717) is 18.6 Å². The Kier molecular flexibility index (Phi) is 2.92. The Bertz CT molecular complexity index is 164. The van der Waals surface area contributed by atoms with E-state index >= 15 is 0 Å². The average Bonchev–Trinajstić information content (AvgIpc) is 1.95. The number of hydrogen-bond donors (Lipinski definition) is 1. The van der Waals surface area contributed by atoms with Crippen molar-refractivity contribution in [3.05, 3.63) is 0 Å². The molecule has 1 rings (SSSR count). The molecule has 1 aliphatic rings. The van der Waals surface area contributed by atoms with Crippen molar-refractivity contribution in [3.63, 3.8) is 0 Å². The van der Waals surface area contributed by atoms with E-state index in [-0.39, 0.29) is 6.09 Å². The Labute approximate surface area is 72.7 Å². The van der Waals surface area contributed by atoms with Crippen LogP contribution in [0.3, 0.4) is 0 Å². The van der Waals surface area contributed by atoms with Gasteiger partial charge in [0.05, 0.1) is 6.61 Å². The molecule has 70 valence electrons. The van der Waals surface area contributed by atoms with E-state index in [4.69, 9.17) is 10.5 Å². The molecule has 0 aromatic heterocycles. The van der Waals surface area contributed by atoms with Gasteiger partial charge in [0.15, 0.2) is 0 Å². The Morgan fingerprint density at radius 1 is 1.58 bits per heavy atom. The first-order valence-corrected chi connectivity index (χ1v) is 4.19. The van der Waals surface area contributed by atoms with E-state index in [1.165, 1.54) is 4.90 Å². The van der Waals surface area contributed by atoms with E-state index < -0.39 is 0 Å². The summed E-state index contributed by atoms with van der Waals surface area (Å²) in [5, 5.41) is 0. The van der Waals surface area contributed by atoms with E-state index in [2.05, 4.69) is 0 Å². The zero-order chi connectivity index (χ0) is 9.14. The minimum atomic E-state index is -0.268. The van der Waals surface area contributed by atoms with Crippen LogP contribution in [0.15, 0.2) is 0 Å². The molecule has 1 amide bonds. The fourth-order valence-corrected chi connectivity index (χ4v) is 1.24. The molecule has 1 aliphatic carbocycles. The Morgan fingerprint density at radius 3 is 2.58 bits per heavy atom. The van der Waals surface area contributed by atoms with Crippen LogP contribution in [0.1, 0.15) is 12.8 Å². The number of hydrogen-bond acceptors (Lipinski definition) is 3. The molecule has 2 N–H and O–H groups in total. The van der Waals surface area contributed by atoms with Crippen LogP contribution in [-0.4, -0.2) is 37.7 Å². The molecule has 1 fully saturated rings. The van der Waals surface area contributed by atoms with E-state index in [1.54, 1.807) is 14.1 Å². The minimum Gasteiger partial charge on any atom is -0.449 e. The van der Waals surface area contributed by atoms with Crippen molar-refractivity contribution >= 4 is 6.09 Å². The second-order valence-electron chi connectivity index (χ2n) is 3.57. The summed E-state index contributed by atoms with van der Waals surface area (Å²) in [6.07, 6.45) is 1.71. The fourth-order valence-electron chi connectivity index (χ4n) is 1.24. The van der Waals surface area contributed by atoms with Crippen molar-refractivity contribution in [1.82, 2.24) is 4.90 Å². The van der Waals surface area contributed by atoms with E-state index in [0.717, 1.165) is 12.8 Å². The zero-order valence-electron chi connectivity index (χ0n) is 7.62. The lowest BCUT2D eigenvalue weighted by atomic mass is 9.82. The summed E-state index contributed by atoms with van der Waals surface area (Å²) in [6.45, 7) is 0.519. The third-order valence-electron chi connectivity index (χ3n) is 2.08. The number of ether oxygens (including phenoxy) is 1. The molecule has 0 heterocycles. The molecule has 0 saturated heterocycles. The second-order valence-corrected chi connectivity index (χ2v) is 3.57. The van der Waals surface area contributed by atoms with Crippen LogP contribution in [0, 0.1) is 5.92 Å². The Hall–Kier alpha value is -0.770. The molecule has 4 heteroatoms. The number of nitrogens with two attached hydrogens (primary N) is 1. The van der Waals surface area contributed by atoms with Gasteiger partial charge in [-0.3, -0.25) is 0 Å². The largest absolute Gasteiger partial charge is 0.449 e. The number of carbonyl (C=O) groups is 1. The number of nitrogens with zero attached hydrogens (tertiary/aromatic N) is 1. The van der Waals surface area contributed by atoms with E-state index in [9.17, 15) is 4.79 Å². The highest BCUT2D eigenvalue weighted by Gasteiger charge is 2.26. The highest BCUT2D eigenvalue weighted by atomic mass is 16.6. The lowest BCUT2D eigenvalue weighted by molar-refractivity contribution is 0.0769. The minimum absolute atomic E-state index is 0.268.